The molecule has 1 aliphatic carbocycles. The van der Waals surface area contributed by atoms with Crippen LogP contribution in [0.1, 0.15) is 51.0 Å². The van der Waals surface area contributed by atoms with Gasteiger partial charge in [-0.25, -0.2) is 13.4 Å². The van der Waals surface area contributed by atoms with E-state index in [1.807, 2.05) is 13.8 Å². The van der Waals surface area contributed by atoms with Crippen molar-refractivity contribution in [2.75, 3.05) is 10.8 Å². The number of nitrogens with zero attached hydrogens (tertiary/aromatic N) is 2. The highest BCUT2D eigenvalue weighted by atomic mass is 32.2. The maximum absolute atomic E-state index is 14.2. The summed E-state index contributed by atoms with van der Waals surface area (Å²) in [6.45, 7) is 4.23. The molecule has 0 unspecified atom stereocenters. The maximum atomic E-state index is 14.2. The number of hydrogen-bond donors (Lipinski definition) is 2. The lowest BCUT2D eigenvalue weighted by Crippen LogP contribution is -2.63. The predicted molar refractivity (Wildman–Crippen MR) is 163 cm³/mol. The summed E-state index contributed by atoms with van der Waals surface area (Å²) in [6, 6.07) is 6.67. The Kier molecular flexibility index (Phi) is 9.70. The molecule has 0 bridgehead atoms. The number of benzene rings is 2. The molecule has 0 atom stereocenters. The maximum Gasteiger partial charge on any atom is 0.460 e. The van der Waals surface area contributed by atoms with Gasteiger partial charge in [-0.3, -0.25) is 4.31 Å². The Balaban J connectivity index is 1.54. The number of thiol groups is 1. The third-order valence-electron chi connectivity index (χ3n) is 7.97. The lowest BCUT2D eigenvalue weighted by molar-refractivity contribution is -0.382. The molecule has 5 rings (SSSR count). The summed E-state index contributed by atoms with van der Waals surface area (Å²) in [5, 5.41) is -6.55. The van der Waals surface area contributed by atoms with Gasteiger partial charge in [-0.2, -0.15) is 47.9 Å². The lowest BCUT2D eigenvalue weighted by atomic mass is 10.00. The van der Waals surface area contributed by atoms with Gasteiger partial charge in [-0.1, -0.05) is 13.8 Å². The van der Waals surface area contributed by atoms with Crippen LogP contribution in [0.15, 0.2) is 53.2 Å². The molecule has 2 aromatic heterocycles. The predicted octanol–water partition coefficient (Wildman–Crippen LogP) is 8.27. The molecule has 0 amide bonds. The highest BCUT2D eigenvalue weighted by molar-refractivity contribution is 7.88. The van der Waals surface area contributed by atoms with E-state index in [0.717, 1.165) is 37.0 Å². The minimum Gasteiger partial charge on any atom is -0.455 e. The van der Waals surface area contributed by atoms with E-state index in [1.54, 1.807) is 12.1 Å². The van der Waals surface area contributed by atoms with E-state index in [2.05, 4.69) is 14.2 Å². The molecule has 0 saturated heterocycles. The number of anilines is 1. The van der Waals surface area contributed by atoms with E-state index in [-0.39, 0.29) is 35.2 Å². The van der Waals surface area contributed by atoms with Crippen molar-refractivity contribution in [2.45, 2.75) is 68.7 Å². The Bertz CT molecular complexity index is 2030. The third-order valence-corrected chi connectivity index (χ3v) is 10.1. The van der Waals surface area contributed by atoms with Crippen LogP contribution in [0.3, 0.4) is 0 Å². The van der Waals surface area contributed by atoms with Crippen LogP contribution in [-0.2, 0) is 21.0 Å². The molecule has 1 saturated carbocycles. The van der Waals surface area contributed by atoms with E-state index in [4.69, 9.17) is 4.42 Å². The Hall–Kier alpha value is -3.94. The van der Waals surface area contributed by atoms with Gasteiger partial charge >= 0.3 is 33.4 Å². The Labute approximate surface area is 280 Å². The Morgan fingerprint density at radius 2 is 1.64 bits per heavy atom. The molecule has 274 valence electrons. The number of rotatable bonds is 14. The van der Waals surface area contributed by atoms with Crippen molar-refractivity contribution in [1.29, 1.82) is 0 Å². The summed E-state index contributed by atoms with van der Waals surface area (Å²) in [7, 11) is -10.2. The first-order valence-electron chi connectivity index (χ1n) is 14.9. The first-order chi connectivity index (χ1) is 23.1. The highest BCUT2D eigenvalue weighted by Gasteiger charge is 2.86. The first-order valence-corrected chi connectivity index (χ1v) is 17.4. The van der Waals surface area contributed by atoms with Crippen molar-refractivity contribution >= 4 is 37.7 Å². The van der Waals surface area contributed by atoms with Gasteiger partial charge in [0, 0.05) is 36.0 Å². The van der Waals surface area contributed by atoms with Gasteiger partial charge in [0.1, 0.15) is 22.9 Å². The van der Waals surface area contributed by atoms with E-state index < -0.39 is 50.0 Å². The summed E-state index contributed by atoms with van der Waals surface area (Å²) in [5.74, 6) is -15.3. The van der Waals surface area contributed by atoms with E-state index in [1.165, 1.54) is 16.7 Å². The van der Waals surface area contributed by atoms with Crippen LogP contribution in [0.2, 0.25) is 0 Å². The topological polar surface area (TPSA) is 123 Å². The molecule has 1 N–H and O–H groups in total. The van der Waals surface area contributed by atoms with Gasteiger partial charge in [0.25, 0.3) is 0 Å². The highest BCUT2D eigenvalue weighted by Crippen LogP contribution is 2.55. The van der Waals surface area contributed by atoms with E-state index in [9.17, 15) is 56.3 Å². The number of fused-ring (bicyclic) bond motifs is 1. The zero-order valence-electron chi connectivity index (χ0n) is 25.9. The van der Waals surface area contributed by atoms with E-state index in [0.29, 0.717) is 41.1 Å². The van der Waals surface area contributed by atoms with Crippen LogP contribution in [0, 0.1) is 5.92 Å². The molecule has 1 fully saturated rings. The second kappa shape index (κ2) is 13.0. The van der Waals surface area contributed by atoms with E-state index >= 15 is 0 Å². The summed E-state index contributed by atoms with van der Waals surface area (Å²) < 4.78 is 180. The molecule has 0 aliphatic heterocycles. The van der Waals surface area contributed by atoms with Crippen LogP contribution < -0.4 is 8.49 Å². The van der Waals surface area contributed by atoms with Crippen LogP contribution in [0.4, 0.5) is 45.2 Å². The first kappa shape index (κ1) is 37.3. The largest absolute Gasteiger partial charge is 0.460 e. The van der Waals surface area contributed by atoms with Crippen molar-refractivity contribution in [2.24, 2.45) is 5.92 Å². The van der Waals surface area contributed by atoms with Crippen molar-refractivity contribution < 1.29 is 64.9 Å². The number of hydrogen-bond acceptors (Lipinski definition) is 7. The molecule has 4 aromatic rings. The molecule has 2 heterocycles. The van der Waals surface area contributed by atoms with Crippen molar-refractivity contribution in [3.8, 4) is 28.5 Å². The van der Waals surface area contributed by atoms with Gasteiger partial charge in [-0.05, 0) is 73.4 Å². The SMILES string of the molecule is CC(C)CCCN(c1cc2oc(-c3ccc(OS(=O)(=O)C(F)(F)C(F)(F)C(F)(F)C(F)(F)F)cc3)c(-c3ncc[nH]3)c2cc1C1CC1)[SH](=O)=O. The smallest absolute Gasteiger partial charge is 0.455 e. The molecule has 20 heteroatoms. The van der Waals surface area contributed by atoms with Crippen LogP contribution in [0.5, 0.6) is 5.75 Å². The molecule has 0 spiro atoms. The van der Waals surface area contributed by atoms with Gasteiger partial charge in [0.15, 0.2) is 0 Å². The quantitative estimate of drug-likeness (QED) is 0.0754. The summed E-state index contributed by atoms with van der Waals surface area (Å²) in [4.78, 5) is 7.18. The van der Waals surface area contributed by atoms with Crippen molar-refractivity contribution in [1.82, 2.24) is 9.97 Å². The number of aromatic amines is 1. The Morgan fingerprint density at radius 3 is 2.16 bits per heavy atom. The molecule has 0 radical (unpaired) electrons. The molecule has 9 nitrogen and oxygen atoms in total. The number of alkyl halides is 9. The zero-order valence-corrected chi connectivity index (χ0v) is 27.6. The lowest BCUT2D eigenvalue weighted by Gasteiger charge is -2.32. The molecular formula is C30H28F9N3O6S2. The monoisotopic (exact) mass is 761 g/mol. The van der Waals surface area contributed by atoms with Gasteiger partial charge < -0.3 is 13.6 Å². The van der Waals surface area contributed by atoms with Crippen LogP contribution >= 0.6 is 0 Å². The molecule has 50 heavy (non-hydrogen) atoms. The number of H-pyrrole nitrogens is 1. The fourth-order valence-corrected chi connectivity index (χ4v) is 6.80. The summed E-state index contributed by atoms with van der Waals surface area (Å²) >= 11 is 0. The number of aromatic nitrogens is 2. The summed E-state index contributed by atoms with van der Waals surface area (Å²) in [6.07, 6.45) is -1.35. The van der Waals surface area contributed by atoms with Gasteiger partial charge in [0.2, 0.25) is 10.9 Å². The van der Waals surface area contributed by atoms with Gasteiger partial charge in [0.05, 0.1) is 11.3 Å². The number of nitrogens with one attached hydrogen (secondary N) is 1. The third kappa shape index (κ3) is 6.62. The fourth-order valence-electron chi connectivity index (χ4n) is 5.23. The summed E-state index contributed by atoms with van der Waals surface area (Å²) in [5.41, 5.74) is 1.79. The fraction of sp³-hybridized carbons (Fsp3) is 0.433. The average Bonchev–Trinajstić information content (AvgIpc) is 3.58. The standard InChI is InChI=1S/C30H28F9N3O6S2/c1-16(2)4-3-13-42(49(43)44)22-15-23-21(14-20(22)17-5-6-17)24(26-40-11-12-41-26)25(47-23)18-7-9-19(10-8-18)48-50(45,46)30(38,39)28(33,34)27(31,32)29(35,36)37/h7-12,14-17,49H,3-6,13H2,1-2H3,(H,40,41). The van der Waals surface area contributed by atoms with Crippen LogP contribution in [0.25, 0.3) is 33.7 Å². The zero-order chi connectivity index (χ0) is 37.0. The van der Waals surface area contributed by atoms with Crippen molar-refractivity contribution in [3.05, 3.63) is 54.4 Å². The second-order valence-electron chi connectivity index (χ2n) is 12.0. The Morgan fingerprint density at radius 1 is 1.00 bits per heavy atom. The number of furan rings is 1. The molecule has 1 aliphatic rings. The average molecular weight is 762 g/mol. The minimum absolute atomic E-state index is 0.0443. The number of imidazole rings is 1. The van der Waals surface area contributed by atoms with Gasteiger partial charge in [-0.15, -0.1) is 0 Å². The normalized spacial score (nSPS) is 15.0. The number of halogens is 9. The van der Waals surface area contributed by atoms with Crippen molar-refractivity contribution in [3.63, 3.8) is 0 Å². The minimum atomic E-state index is -7.45. The van der Waals surface area contributed by atoms with Crippen LogP contribution in [-0.4, -0.2) is 56.6 Å². The molecule has 2 aromatic carbocycles. The molecular weight excluding hydrogens is 733 g/mol. The second-order valence-corrected chi connectivity index (χ2v) is 14.6.